The van der Waals surface area contributed by atoms with Crippen LogP contribution in [0, 0.1) is 6.92 Å². The van der Waals surface area contributed by atoms with E-state index < -0.39 is 0 Å². The average molecular weight is 443 g/mol. The number of anilines is 1. The third-order valence-electron chi connectivity index (χ3n) is 8.94. The van der Waals surface area contributed by atoms with E-state index in [4.69, 9.17) is 0 Å². The van der Waals surface area contributed by atoms with Crippen LogP contribution < -0.4 is 4.90 Å². The summed E-state index contributed by atoms with van der Waals surface area (Å²) in [5, 5.41) is 2.65. The Kier molecular flexibility index (Phi) is 3.83. The first kappa shape index (κ1) is 19.9. The van der Waals surface area contributed by atoms with Gasteiger partial charge in [0.15, 0.2) is 0 Å². The highest BCUT2D eigenvalue weighted by atomic mass is 15.3. The van der Waals surface area contributed by atoms with Crippen molar-refractivity contribution in [1.29, 1.82) is 0 Å². The summed E-state index contributed by atoms with van der Waals surface area (Å²) in [5.74, 6) is 0. The molecule has 1 aliphatic carbocycles. The molecule has 7 rings (SSSR count). The van der Waals surface area contributed by atoms with E-state index in [1.54, 1.807) is 5.56 Å². The van der Waals surface area contributed by atoms with Gasteiger partial charge in [0, 0.05) is 33.6 Å². The lowest BCUT2D eigenvalue weighted by Crippen LogP contribution is -2.48. The van der Waals surface area contributed by atoms with Crippen molar-refractivity contribution in [1.82, 2.24) is 4.57 Å². The average Bonchev–Trinajstić information content (AvgIpc) is 3.37. The highest BCUT2D eigenvalue weighted by Gasteiger charge is 2.61. The third-order valence-corrected chi connectivity index (χ3v) is 8.94. The van der Waals surface area contributed by atoms with E-state index >= 15 is 0 Å². The predicted molar refractivity (Wildman–Crippen MR) is 143 cm³/mol. The number of para-hydroxylation sites is 2. The van der Waals surface area contributed by atoms with Gasteiger partial charge in [-0.15, -0.1) is 0 Å². The Morgan fingerprint density at radius 1 is 0.735 bits per heavy atom. The topological polar surface area (TPSA) is 8.17 Å². The number of aryl methyl sites for hydroxylation is 1. The van der Waals surface area contributed by atoms with E-state index in [-0.39, 0.29) is 11.0 Å². The molecule has 2 nitrogen and oxygen atoms in total. The van der Waals surface area contributed by atoms with E-state index in [1.165, 1.54) is 50.7 Å². The Labute approximate surface area is 201 Å². The maximum absolute atomic E-state index is 2.73. The summed E-state index contributed by atoms with van der Waals surface area (Å²) in [4.78, 5) is 2.73. The van der Waals surface area contributed by atoms with E-state index in [0.717, 1.165) is 0 Å². The van der Waals surface area contributed by atoms with Gasteiger partial charge in [0.25, 0.3) is 0 Å². The van der Waals surface area contributed by atoms with E-state index in [0.29, 0.717) is 6.04 Å². The van der Waals surface area contributed by atoms with E-state index in [1.807, 2.05) is 0 Å². The van der Waals surface area contributed by atoms with Crippen LogP contribution in [-0.4, -0.2) is 10.6 Å². The molecule has 4 aromatic carbocycles. The number of hydrogen-bond acceptors (Lipinski definition) is 1. The van der Waals surface area contributed by atoms with Gasteiger partial charge in [0.1, 0.15) is 0 Å². The molecule has 1 saturated heterocycles. The molecule has 3 atom stereocenters. The number of benzene rings is 4. The molecule has 34 heavy (non-hydrogen) atoms. The second-order valence-corrected chi connectivity index (χ2v) is 10.8. The number of nitrogens with zero attached hydrogens (tertiary/aromatic N) is 2. The molecule has 0 spiro atoms. The minimum absolute atomic E-state index is 0.0149. The van der Waals surface area contributed by atoms with Crippen LogP contribution in [0.2, 0.25) is 0 Å². The maximum atomic E-state index is 2.73. The van der Waals surface area contributed by atoms with Gasteiger partial charge >= 0.3 is 0 Å². The van der Waals surface area contributed by atoms with Crippen molar-refractivity contribution in [3.63, 3.8) is 0 Å². The van der Waals surface area contributed by atoms with Crippen LogP contribution in [0.15, 0.2) is 91.0 Å². The maximum Gasteiger partial charge on any atom is 0.0641 e. The van der Waals surface area contributed by atoms with Crippen molar-refractivity contribution in [3.8, 4) is 5.69 Å². The Bertz CT molecular complexity index is 1590. The number of fused-ring (bicyclic) bond motifs is 8. The number of aromatic nitrogens is 1. The fourth-order valence-electron chi connectivity index (χ4n) is 7.35. The third kappa shape index (κ3) is 2.31. The molecular formula is C32H30N2. The van der Waals surface area contributed by atoms with E-state index in [2.05, 4.69) is 128 Å². The zero-order valence-corrected chi connectivity index (χ0v) is 20.3. The lowest BCUT2D eigenvalue weighted by molar-refractivity contribution is 0.450. The molecule has 168 valence electrons. The van der Waals surface area contributed by atoms with Gasteiger partial charge in [-0.25, -0.2) is 0 Å². The normalized spacial score (nSPS) is 25.4. The first-order valence-corrected chi connectivity index (χ1v) is 12.4. The summed E-state index contributed by atoms with van der Waals surface area (Å²) >= 11 is 0. The smallest absolute Gasteiger partial charge is 0.0641 e. The van der Waals surface area contributed by atoms with Crippen molar-refractivity contribution in [2.24, 2.45) is 0 Å². The predicted octanol–water partition coefficient (Wildman–Crippen LogP) is 7.88. The Morgan fingerprint density at radius 3 is 2.21 bits per heavy atom. The number of hydrogen-bond donors (Lipinski definition) is 0. The highest BCUT2D eigenvalue weighted by molar-refractivity contribution is 6.10. The summed E-state index contributed by atoms with van der Waals surface area (Å²) in [6, 6.07) is 34.0. The summed E-state index contributed by atoms with van der Waals surface area (Å²) in [6.45, 7) is 9.64. The minimum Gasteiger partial charge on any atom is -0.358 e. The molecule has 5 aromatic rings. The first-order valence-electron chi connectivity index (χ1n) is 12.4. The molecular weight excluding hydrogens is 412 g/mol. The van der Waals surface area contributed by atoms with Crippen LogP contribution in [0.1, 0.15) is 43.9 Å². The lowest BCUT2D eigenvalue weighted by atomic mass is 9.78. The molecule has 1 aliphatic heterocycles. The summed E-state index contributed by atoms with van der Waals surface area (Å²) < 4.78 is 2.42. The Morgan fingerprint density at radius 2 is 1.41 bits per heavy atom. The first-order chi connectivity index (χ1) is 16.4. The van der Waals surface area contributed by atoms with Crippen molar-refractivity contribution in [3.05, 3.63) is 108 Å². The van der Waals surface area contributed by atoms with Crippen LogP contribution in [0.25, 0.3) is 27.5 Å². The summed E-state index contributed by atoms with van der Waals surface area (Å²) in [5.41, 5.74) is 9.70. The second kappa shape index (κ2) is 6.54. The molecule has 0 N–H and O–H groups in total. The highest BCUT2D eigenvalue weighted by Crippen LogP contribution is 2.62. The van der Waals surface area contributed by atoms with Crippen LogP contribution in [-0.2, 0) is 11.0 Å². The molecule has 0 radical (unpaired) electrons. The monoisotopic (exact) mass is 442 g/mol. The van der Waals surface area contributed by atoms with Gasteiger partial charge in [-0.2, -0.15) is 0 Å². The van der Waals surface area contributed by atoms with Gasteiger partial charge in [0.05, 0.1) is 16.6 Å². The standard InChI is InChI=1S/C32H30N2/c1-21-18-30-25(24-14-8-11-17-28(24)33(30)23-12-6-5-7-13-23)19-29(21)34-22(2)31(3)20-32(34,4)27-16-10-9-15-26(27)31/h5-19,22H,20H2,1-4H3/t22-,31?,32?/m0/s1. The van der Waals surface area contributed by atoms with Crippen LogP contribution in [0.3, 0.4) is 0 Å². The van der Waals surface area contributed by atoms with Crippen LogP contribution >= 0.6 is 0 Å². The lowest BCUT2D eigenvalue weighted by Gasteiger charge is -2.46. The van der Waals surface area contributed by atoms with E-state index in [9.17, 15) is 0 Å². The molecule has 1 aromatic heterocycles. The summed E-state index contributed by atoms with van der Waals surface area (Å²) in [6.07, 6.45) is 1.17. The van der Waals surface area contributed by atoms with Crippen molar-refractivity contribution in [2.45, 2.75) is 51.1 Å². The molecule has 2 heterocycles. The Balaban J connectivity index is 1.51. The molecule has 2 heteroatoms. The van der Waals surface area contributed by atoms with Crippen LogP contribution in [0.5, 0.6) is 0 Å². The fraction of sp³-hybridized carbons (Fsp3) is 0.250. The van der Waals surface area contributed by atoms with Crippen LogP contribution in [0.4, 0.5) is 5.69 Å². The molecule has 0 saturated carbocycles. The molecule has 2 aliphatic rings. The zero-order valence-electron chi connectivity index (χ0n) is 20.3. The van der Waals surface area contributed by atoms with Crippen molar-refractivity contribution >= 4 is 27.5 Å². The van der Waals surface area contributed by atoms with Crippen molar-refractivity contribution in [2.75, 3.05) is 4.90 Å². The quantitative estimate of drug-likeness (QED) is 0.270. The minimum atomic E-state index is 0.0149. The summed E-state index contributed by atoms with van der Waals surface area (Å²) in [7, 11) is 0. The largest absolute Gasteiger partial charge is 0.358 e. The second-order valence-electron chi connectivity index (χ2n) is 10.8. The molecule has 0 amide bonds. The zero-order chi connectivity index (χ0) is 23.2. The van der Waals surface area contributed by atoms with Gasteiger partial charge < -0.3 is 9.47 Å². The van der Waals surface area contributed by atoms with Gasteiger partial charge in [-0.05, 0) is 74.2 Å². The van der Waals surface area contributed by atoms with Gasteiger partial charge in [0.2, 0.25) is 0 Å². The van der Waals surface area contributed by atoms with Crippen molar-refractivity contribution < 1.29 is 0 Å². The Hall–Kier alpha value is -3.52. The van der Waals surface area contributed by atoms with Gasteiger partial charge in [-0.1, -0.05) is 67.6 Å². The fourth-order valence-corrected chi connectivity index (χ4v) is 7.35. The molecule has 2 bridgehead atoms. The molecule has 2 unspecified atom stereocenters. The number of rotatable bonds is 2. The SMILES string of the molecule is Cc1cc2c(cc1N1[C@@H](C)C3(C)CC1(C)c1ccccc13)c1ccccc1n2-c1ccccc1. The molecule has 1 fully saturated rings. The van der Waals surface area contributed by atoms with Gasteiger partial charge in [-0.3, -0.25) is 0 Å².